The predicted molar refractivity (Wildman–Crippen MR) is 86.8 cm³/mol. The van der Waals surface area contributed by atoms with E-state index in [0.717, 1.165) is 6.07 Å². The summed E-state index contributed by atoms with van der Waals surface area (Å²) in [5.74, 6) is -3.12. The van der Waals surface area contributed by atoms with Gasteiger partial charge in [-0.15, -0.1) is 0 Å². The maximum absolute atomic E-state index is 12.5. The van der Waals surface area contributed by atoms with E-state index in [1.54, 1.807) is 0 Å². The summed E-state index contributed by atoms with van der Waals surface area (Å²) < 4.78 is 22.6. The van der Waals surface area contributed by atoms with Gasteiger partial charge >= 0.3 is 5.97 Å². The number of benzene rings is 1. The number of carboxylic acid groups (broad SMARTS) is 1. The van der Waals surface area contributed by atoms with E-state index in [0.29, 0.717) is 6.42 Å². The molecule has 1 saturated carbocycles. The molecule has 0 aliphatic heterocycles. The lowest BCUT2D eigenvalue weighted by atomic mass is 9.82. The van der Waals surface area contributed by atoms with Crippen LogP contribution in [0.1, 0.15) is 6.42 Å². The first-order valence-electron chi connectivity index (χ1n) is 7.23. The lowest BCUT2D eigenvalue weighted by molar-refractivity contribution is -0.146. The molecule has 0 aromatic heterocycles. The summed E-state index contributed by atoms with van der Waals surface area (Å²) in [6.07, 6.45) is 4.37. The molecule has 0 radical (unpaired) electrons. The summed E-state index contributed by atoms with van der Waals surface area (Å²) in [7, 11) is -3.90. The molecule has 1 aromatic rings. The lowest BCUT2D eigenvalue weighted by Crippen LogP contribution is -2.36. The third kappa shape index (κ3) is 2.92. The normalized spacial score (nSPS) is 28.1. The maximum atomic E-state index is 12.5. The van der Waals surface area contributed by atoms with Crippen LogP contribution in [-0.2, 0) is 19.6 Å². The standard InChI is InChI=1S/C15H15ClN2O5S/c16-10-6-9(24(17,22)23)3-4-11(10)18-14(19)12-7-1-2-8(5-7)13(12)15(20)21/h1-4,6-8,12-13H,5H2,(H,18,19)(H,20,21)(H2,17,22,23)/t7?,8?,12-,13+/m1/s1. The Morgan fingerprint density at radius 2 is 1.83 bits per heavy atom. The molecule has 4 atom stereocenters. The molecule has 1 aromatic carbocycles. The van der Waals surface area contributed by atoms with Gasteiger partial charge in [-0.25, -0.2) is 13.6 Å². The predicted octanol–water partition coefficient (Wildman–Crippen LogP) is 1.45. The Bertz CT molecular complexity index is 851. The number of sulfonamides is 1. The first kappa shape index (κ1) is 16.9. The van der Waals surface area contributed by atoms with E-state index < -0.39 is 33.7 Å². The van der Waals surface area contributed by atoms with Gasteiger partial charge in [-0.05, 0) is 36.5 Å². The van der Waals surface area contributed by atoms with Gasteiger partial charge in [0, 0.05) is 0 Å². The number of nitrogens with two attached hydrogens (primary N) is 1. The fraction of sp³-hybridized carbons (Fsp3) is 0.333. The number of hydrogen-bond donors (Lipinski definition) is 3. The number of halogens is 1. The molecular weight excluding hydrogens is 356 g/mol. The number of carboxylic acids is 1. The number of carbonyl (C=O) groups is 2. The summed E-state index contributed by atoms with van der Waals surface area (Å²) >= 11 is 6.00. The van der Waals surface area contributed by atoms with Crippen LogP contribution >= 0.6 is 11.6 Å². The third-order valence-corrected chi connectivity index (χ3v) is 5.80. The van der Waals surface area contributed by atoms with Gasteiger partial charge in [-0.1, -0.05) is 23.8 Å². The number of allylic oxidation sites excluding steroid dienone is 2. The lowest BCUT2D eigenvalue weighted by Gasteiger charge is -2.24. The Morgan fingerprint density at radius 1 is 1.21 bits per heavy atom. The fourth-order valence-electron chi connectivity index (χ4n) is 3.51. The Hall–Kier alpha value is -1.90. The molecule has 3 rings (SSSR count). The smallest absolute Gasteiger partial charge is 0.307 e. The topological polar surface area (TPSA) is 127 Å². The van der Waals surface area contributed by atoms with Gasteiger partial charge in [0.1, 0.15) is 0 Å². The van der Waals surface area contributed by atoms with Gasteiger partial charge in [0.15, 0.2) is 0 Å². The average Bonchev–Trinajstić information content (AvgIpc) is 3.08. The van der Waals surface area contributed by atoms with Crippen LogP contribution in [-0.4, -0.2) is 25.4 Å². The minimum Gasteiger partial charge on any atom is -0.481 e. The molecule has 2 aliphatic rings. The van der Waals surface area contributed by atoms with Crippen molar-refractivity contribution in [1.29, 1.82) is 0 Å². The minimum absolute atomic E-state index is 0.0143. The van der Waals surface area contributed by atoms with E-state index in [-0.39, 0.29) is 27.4 Å². The molecule has 0 spiro atoms. The van der Waals surface area contributed by atoms with Crippen LogP contribution in [0.2, 0.25) is 5.02 Å². The van der Waals surface area contributed by atoms with Gasteiger partial charge < -0.3 is 10.4 Å². The number of rotatable bonds is 4. The van der Waals surface area contributed by atoms with Crippen LogP contribution in [0, 0.1) is 23.7 Å². The highest BCUT2D eigenvalue weighted by atomic mass is 35.5. The van der Waals surface area contributed by atoms with E-state index in [1.807, 2.05) is 12.2 Å². The van der Waals surface area contributed by atoms with E-state index in [9.17, 15) is 23.1 Å². The van der Waals surface area contributed by atoms with E-state index in [1.165, 1.54) is 12.1 Å². The van der Waals surface area contributed by atoms with Crippen molar-refractivity contribution in [2.75, 3.05) is 5.32 Å². The number of fused-ring (bicyclic) bond motifs is 2. The second-order valence-corrected chi connectivity index (χ2v) is 7.98. The van der Waals surface area contributed by atoms with E-state index in [2.05, 4.69) is 5.32 Å². The molecule has 4 N–H and O–H groups in total. The van der Waals surface area contributed by atoms with Gasteiger partial charge in [0.2, 0.25) is 15.9 Å². The zero-order chi connectivity index (χ0) is 17.6. The van der Waals surface area contributed by atoms with Crippen LogP contribution < -0.4 is 10.5 Å². The van der Waals surface area contributed by atoms with Crippen molar-refractivity contribution < 1.29 is 23.1 Å². The molecule has 2 aliphatic carbocycles. The monoisotopic (exact) mass is 370 g/mol. The van der Waals surface area contributed by atoms with E-state index >= 15 is 0 Å². The summed E-state index contributed by atoms with van der Waals surface area (Å²) in [5.41, 5.74) is 0.213. The quantitative estimate of drug-likeness (QED) is 0.691. The molecule has 0 saturated heterocycles. The number of amides is 1. The molecule has 24 heavy (non-hydrogen) atoms. The van der Waals surface area contributed by atoms with Gasteiger partial charge in [-0.3, -0.25) is 9.59 Å². The van der Waals surface area contributed by atoms with Crippen LogP contribution in [0.3, 0.4) is 0 Å². The van der Waals surface area contributed by atoms with Crippen LogP contribution in [0.25, 0.3) is 0 Å². The van der Waals surface area contributed by atoms with Crippen LogP contribution in [0.5, 0.6) is 0 Å². The van der Waals surface area contributed by atoms with Gasteiger partial charge in [-0.2, -0.15) is 0 Å². The van der Waals surface area contributed by atoms with Crippen LogP contribution in [0.15, 0.2) is 35.2 Å². The van der Waals surface area contributed by atoms with Gasteiger partial charge in [0.25, 0.3) is 0 Å². The molecular formula is C15H15ClN2O5S. The number of nitrogens with one attached hydrogen (secondary N) is 1. The number of anilines is 1. The molecule has 2 bridgehead atoms. The van der Waals surface area contributed by atoms with Crippen molar-refractivity contribution in [2.24, 2.45) is 28.8 Å². The van der Waals surface area contributed by atoms with Crippen molar-refractivity contribution in [3.05, 3.63) is 35.4 Å². The largest absolute Gasteiger partial charge is 0.481 e. The number of primary sulfonamides is 1. The van der Waals surface area contributed by atoms with Gasteiger partial charge in [0.05, 0.1) is 27.4 Å². The molecule has 9 heteroatoms. The maximum Gasteiger partial charge on any atom is 0.307 e. The minimum atomic E-state index is -3.90. The number of carbonyl (C=O) groups excluding carboxylic acids is 1. The summed E-state index contributed by atoms with van der Waals surface area (Å²) in [4.78, 5) is 23.8. The zero-order valence-corrected chi connectivity index (χ0v) is 13.9. The molecule has 7 nitrogen and oxygen atoms in total. The van der Waals surface area contributed by atoms with Crippen molar-refractivity contribution in [3.63, 3.8) is 0 Å². The highest BCUT2D eigenvalue weighted by molar-refractivity contribution is 7.89. The second kappa shape index (κ2) is 5.87. The highest BCUT2D eigenvalue weighted by Crippen LogP contribution is 2.48. The van der Waals surface area contributed by atoms with Crippen molar-refractivity contribution in [2.45, 2.75) is 11.3 Å². The average molecular weight is 371 g/mol. The van der Waals surface area contributed by atoms with E-state index in [4.69, 9.17) is 16.7 Å². The first-order valence-corrected chi connectivity index (χ1v) is 9.15. The Kier molecular flexibility index (Phi) is 4.15. The Labute approximate surface area is 143 Å². The highest BCUT2D eigenvalue weighted by Gasteiger charge is 2.51. The molecule has 1 fully saturated rings. The fourth-order valence-corrected chi connectivity index (χ4v) is 4.34. The zero-order valence-electron chi connectivity index (χ0n) is 12.3. The molecule has 1 amide bonds. The van der Waals surface area contributed by atoms with Crippen molar-refractivity contribution in [1.82, 2.24) is 0 Å². The summed E-state index contributed by atoms with van der Waals surface area (Å²) in [5, 5.41) is 17.0. The Morgan fingerprint density at radius 3 is 2.38 bits per heavy atom. The molecule has 128 valence electrons. The van der Waals surface area contributed by atoms with Crippen molar-refractivity contribution in [3.8, 4) is 0 Å². The van der Waals surface area contributed by atoms with Crippen LogP contribution in [0.4, 0.5) is 5.69 Å². The second-order valence-electron chi connectivity index (χ2n) is 6.01. The third-order valence-electron chi connectivity index (χ3n) is 4.57. The first-order chi connectivity index (χ1) is 11.2. The van der Waals surface area contributed by atoms with Crippen molar-refractivity contribution >= 4 is 39.2 Å². The summed E-state index contributed by atoms with van der Waals surface area (Å²) in [6.45, 7) is 0. The number of aliphatic carboxylic acids is 1. The molecule has 2 unspecified atom stereocenters. The summed E-state index contributed by atoms with van der Waals surface area (Å²) in [6, 6.07) is 3.70. The number of hydrogen-bond acceptors (Lipinski definition) is 4. The Balaban J connectivity index is 1.83. The molecule has 0 heterocycles. The SMILES string of the molecule is NS(=O)(=O)c1ccc(NC(=O)[C@@H]2C3C=CC(C3)[C@@H]2C(=O)O)c(Cl)c1.